The third kappa shape index (κ3) is 11.3. The molecule has 2 heterocycles. The van der Waals surface area contributed by atoms with Crippen molar-refractivity contribution in [3.63, 3.8) is 0 Å². The van der Waals surface area contributed by atoms with Gasteiger partial charge < -0.3 is 5.11 Å². The zero-order chi connectivity index (χ0) is 40.4. The van der Waals surface area contributed by atoms with Crippen LogP contribution in [0.2, 0.25) is 0 Å². The molecule has 3 aromatic carbocycles. The molecule has 1 N–H and O–H groups in total. The summed E-state index contributed by atoms with van der Waals surface area (Å²) in [6.45, 7) is 27.3. The fourth-order valence-corrected chi connectivity index (χ4v) is 9.07. The van der Waals surface area contributed by atoms with Gasteiger partial charge in [0.15, 0.2) is 5.78 Å². The van der Waals surface area contributed by atoms with Gasteiger partial charge in [-0.05, 0) is 53.1 Å². The molecule has 2 aromatic heterocycles. The monoisotopic (exact) mass is 952 g/mol. The van der Waals surface area contributed by atoms with Crippen LogP contribution in [0.3, 0.4) is 0 Å². The molecular formula is C46H58F3IrN2O2S-. The maximum atomic E-state index is 13.4. The van der Waals surface area contributed by atoms with Crippen molar-refractivity contribution in [3.05, 3.63) is 83.4 Å². The molecule has 301 valence electrons. The molecule has 0 bridgehead atoms. The normalized spacial score (nSPS) is 13.0. The van der Waals surface area contributed by atoms with Crippen LogP contribution in [0.1, 0.15) is 113 Å². The number of fused-ring (bicyclic) bond motifs is 4. The number of nitrogens with zero attached hydrogens (tertiary/aromatic N) is 2. The summed E-state index contributed by atoms with van der Waals surface area (Å²) in [6.07, 6.45) is -0.427. The van der Waals surface area contributed by atoms with Crippen LogP contribution in [0.4, 0.5) is 13.2 Å². The Hall–Kier alpha value is -3.13. The van der Waals surface area contributed by atoms with Crippen molar-refractivity contribution in [3.8, 4) is 11.3 Å². The van der Waals surface area contributed by atoms with Crippen LogP contribution in [0.15, 0.2) is 60.6 Å². The minimum Gasteiger partial charge on any atom is -0.512 e. The molecule has 0 saturated carbocycles. The predicted molar refractivity (Wildman–Crippen MR) is 221 cm³/mol. The molecule has 4 nitrogen and oxygen atoms in total. The second kappa shape index (κ2) is 18.4. The topological polar surface area (TPSA) is 63.1 Å². The van der Waals surface area contributed by atoms with Gasteiger partial charge in [0.2, 0.25) is 0 Å². The van der Waals surface area contributed by atoms with Gasteiger partial charge in [-0.3, -0.25) is 9.78 Å². The van der Waals surface area contributed by atoms with E-state index in [1.54, 1.807) is 17.4 Å². The molecule has 0 aliphatic carbocycles. The van der Waals surface area contributed by atoms with Crippen molar-refractivity contribution in [2.24, 2.45) is 40.9 Å². The number of aliphatic hydroxyl groups excluding tert-OH is 1. The van der Waals surface area contributed by atoms with Crippen LogP contribution in [0.5, 0.6) is 0 Å². The summed E-state index contributed by atoms with van der Waals surface area (Å²) in [6, 6.07) is 15.6. The molecule has 0 fully saturated rings. The zero-order valence-corrected chi connectivity index (χ0v) is 37.8. The van der Waals surface area contributed by atoms with E-state index < -0.39 is 11.7 Å². The van der Waals surface area contributed by atoms with E-state index in [0.29, 0.717) is 40.3 Å². The first-order valence-electron chi connectivity index (χ1n) is 19.2. The quantitative estimate of drug-likeness (QED) is 0.0861. The number of carbonyl (C=O) groups excluding carboxylic acids is 1. The number of aliphatic hydroxyl groups is 1. The van der Waals surface area contributed by atoms with Crippen molar-refractivity contribution in [1.29, 1.82) is 0 Å². The first kappa shape index (κ1) is 46.3. The van der Waals surface area contributed by atoms with Crippen molar-refractivity contribution in [1.82, 2.24) is 9.97 Å². The van der Waals surface area contributed by atoms with Crippen molar-refractivity contribution < 1.29 is 43.2 Å². The number of alkyl halides is 3. The number of carbonyl (C=O) groups is 1. The molecule has 0 atom stereocenters. The van der Waals surface area contributed by atoms with Gasteiger partial charge in [0.25, 0.3) is 0 Å². The third-order valence-electron chi connectivity index (χ3n) is 9.99. The van der Waals surface area contributed by atoms with Crippen LogP contribution in [-0.4, -0.2) is 20.9 Å². The Balaban J connectivity index is 0.000000349. The van der Waals surface area contributed by atoms with Crippen LogP contribution < -0.4 is 0 Å². The molecule has 1 radical (unpaired) electrons. The molecule has 0 amide bonds. The maximum absolute atomic E-state index is 13.4. The summed E-state index contributed by atoms with van der Waals surface area (Å²) >= 11 is 1.63. The van der Waals surface area contributed by atoms with Gasteiger partial charge in [-0.15, -0.1) is 40.5 Å². The number of aromatic nitrogens is 2. The average Bonchev–Trinajstić information content (AvgIpc) is 3.40. The third-order valence-corrected chi connectivity index (χ3v) is 11.1. The fraction of sp³-hybridized carbons (Fsp3) is 0.500. The number of allylic oxidation sites excluding steroid dienone is 2. The fourth-order valence-electron chi connectivity index (χ4n) is 7.85. The number of rotatable bonds is 10. The summed E-state index contributed by atoms with van der Waals surface area (Å²) in [5.74, 6) is 1.76. The average molecular weight is 952 g/mol. The second-order valence-electron chi connectivity index (χ2n) is 17.6. The van der Waals surface area contributed by atoms with Gasteiger partial charge in [0, 0.05) is 64.1 Å². The van der Waals surface area contributed by atoms with Gasteiger partial charge >= 0.3 is 6.18 Å². The van der Waals surface area contributed by atoms with Crippen LogP contribution >= 0.6 is 11.3 Å². The number of thiophene rings is 1. The van der Waals surface area contributed by atoms with Crippen LogP contribution in [0, 0.1) is 47.0 Å². The Morgan fingerprint density at radius 3 is 1.93 bits per heavy atom. The summed E-state index contributed by atoms with van der Waals surface area (Å²) in [5.41, 5.74) is 4.00. The molecule has 0 unspecified atom stereocenters. The standard InChI is InChI=1S/C29H26F3N2S.C17H32O2.Ir/c1-16(2)23-13-19(11-18-12-20(29(30,31)32)7-9-21(18)23)25-27-26(34-15-33-25)22-8-6-17(10-24(22)35-27)14-28(3,4)5;1-10(2)16(11(3)4)14(18)9-15(19)17(12(5)6)13(7)8;/h6-10,12-13,15-16H,14H2,1-5H3;9-13,16-18H,1-8H3;/q-1;;/b;14-9-;. The summed E-state index contributed by atoms with van der Waals surface area (Å²) in [7, 11) is 0. The second-order valence-corrected chi connectivity index (χ2v) is 18.7. The predicted octanol–water partition coefficient (Wildman–Crippen LogP) is 14.0. The SMILES string of the molecule is CC(C)C(C(=O)/C=C(\O)C(C(C)C)C(C)C)C(C)C.CC(C)c1cc(-c2ncnc3c2sc2cc(CC(C)(C)C)ccc23)[c-]c2cc(C(F)(F)F)ccc12.[Ir]. The van der Waals surface area contributed by atoms with Gasteiger partial charge in [0.1, 0.15) is 6.33 Å². The van der Waals surface area contributed by atoms with E-state index in [0.717, 1.165) is 43.7 Å². The molecule has 55 heavy (non-hydrogen) atoms. The Morgan fingerprint density at radius 2 is 1.40 bits per heavy atom. The molecule has 5 aromatic rings. The van der Waals surface area contributed by atoms with Crippen LogP contribution in [0.25, 0.3) is 42.3 Å². The summed E-state index contributed by atoms with van der Waals surface area (Å²) in [5, 5.41) is 12.6. The Kier molecular flexibility index (Phi) is 15.5. The molecule has 0 saturated heterocycles. The maximum Gasteiger partial charge on any atom is 0.409 e. The number of ketones is 1. The van der Waals surface area contributed by atoms with E-state index in [1.807, 2.05) is 19.9 Å². The van der Waals surface area contributed by atoms with E-state index in [4.69, 9.17) is 0 Å². The van der Waals surface area contributed by atoms with Crippen molar-refractivity contribution in [2.75, 3.05) is 0 Å². The van der Waals surface area contributed by atoms with E-state index >= 15 is 0 Å². The van der Waals surface area contributed by atoms with Gasteiger partial charge in [-0.25, -0.2) is 4.98 Å². The first-order chi connectivity index (χ1) is 25.0. The van der Waals surface area contributed by atoms with Gasteiger partial charge in [-0.2, -0.15) is 13.2 Å². The van der Waals surface area contributed by atoms with Gasteiger partial charge in [0.05, 0.1) is 11.3 Å². The largest absolute Gasteiger partial charge is 0.512 e. The molecule has 9 heteroatoms. The van der Waals surface area contributed by atoms with Gasteiger partial charge in [-0.1, -0.05) is 125 Å². The summed E-state index contributed by atoms with van der Waals surface area (Å²) in [4.78, 5) is 21.5. The molecular weight excluding hydrogens is 894 g/mol. The van der Waals surface area contributed by atoms with Crippen molar-refractivity contribution >= 4 is 48.2 Å². The number of hydrogen-bond donors (Lipinski definition) is 1. The number of hydrogen-bond acceptors (Lipinski definition) is 5. The Labute approximate surface area is 343 Å². The minimum atomic E-state index is -4.41. The molecule has 0 spiro atoms. The minimum absolute atomic E-state index is 0. The van der Waals surface area contributed by atoms with E-state index in [-0.39, 0.29) is 54.8 Å². The number of benzene rings is 3. The Morgan fingerprint density at radius 1 is 0.818 bits per heavy atom. The van der Waals surface area contributed by atoms with E-state index in [9.17, 15) is 23.1 Å². The number of halogens is 3. The molecule has 0 aliphatic heterocycles. The van der Waals surface area contributed by atoms with E-state index in [1.165, 1.54) is 24.0 Å². The first-order valence-corrected chi connectivity index (χ1v) is 20.0. The summed E-state index contributed by atoms with van der Waals surface area (Å²) < 4.78 is 42.3. The van der Waals surface area contributed by atoms with Crippen molar-refractivity contribution in [2.45, 2.75) is 109 Å². The Bertz CT molecular complexity index is 2110. The van der Waals surface area contributed by atoms with E-state index in [2.05, 4.69) is 110 Å². The van der Waals surface area contributed by atoms with Crippen LogP contribution in [-0.2, 0) is 37.5 Å². The molecule has 5 rings (SSSR count). The molecule has 0 aliphatic rings. The smallest absolute Gasteiger partial charge is 0.409 e. The zero-order valence-electron chi connectivity index (χ0n) is 34.6.